The Bertz CT molecular complexity index is 1000. The molecule has 11 nitrogen and oxygen atoms in total. The number of hydrogen-bond donors (Lipinski definition) is 6. The van der Waals surface area contributed by atoms with Crippen LogP contribution in [-0.2, 0) is 23.9 Å². The van der Waals surface area contributed by atoms with Gasteiger partial charge in [-0.3, -0.25) is 19.2 Å². The molecule has 0 aromatic carbocycles. The maximum Gasteiger partial charge on any atom is 0.305 e. The minimum absolute atomic E-state index is 0.0101. The number of aliphatic hydroxyl groups excluding tert-OH is 3. The van der Waals surface area contributed by atoms with Crippen LogP contribution in [0.2, 0.25) is 0 Å². The number of nitrogens with one attached hydrogen (secondary N) is 3. The summed E-state index contributed by atoms with van der Waals surface area (Å²) in [7, 11) is 0. The number of rotatable bonds is 46. The zero-order valence-corrected chi connectivity index (χ0v) is 38.9. The first kappa shape index (κ1) is 57.8. The fourth-order valence-corrected chi connectivity index (χ4v) is 7.67. The minimum atomic E-state index is -0.812. The van der Waals surface area contributed by atoms with E-state index in [1.807, 2.05) is 0 Å². The van der Waals surface area contributed by atoms with Crippen molar-refractivity contribution in [3.63, 3.8) is 0 Å². The Kier molecular flexibility index (Phi) is 43.1. The van der Waals surface area contributed by atoms with Crippen molar-refractivity contribution in [3.05, 3.63) is 0 Å². The third-order valence-corrected chi connectivity index (χ3v) is 11.5. The summed E-state index contributed by atoms with van der Waals surface area (Å²) in [5, 5.41) is 37.9. The highest BCUT2D eigenvalue weighted by atomic mass is 16.5. The zero-order chi connectivity index (χ0) is 44.2. The third-order valence-electron chi connectivity index (χ3n) is 11.5. The number of ether oxygens (including phenoxy) is 1. The topological polar surface area (TPSA) is 174 Å². The van der Waals surface area contributed by atoms with E-state index in [9.17, 15) is 34.5 Å². The van der Waals surface area contributed by atoms with E-state index < -0.39 is 18.2 Å². The van der Waals surface area contributed by atoms with Crippen LogP contribution in [-0.4, -0.2) is 83.6 Å². The normalized spacial score (nSPS) is 12.8. The Hall–Kier alpha value is -2.24. The van der Waals surface area contributed by atoms with Crippen LogP contribution < -0.4 is 16.0 Å². The molecule has 0 radical (unpaired) electrons. The molecular weight excluding hydrogens is 759 g/mol. The molecule has 3 amide bonds. The van der Waals surface area contributed by atoms with Gasteiger partial charge in [0.25, 0.3) is 0 Å². The van der Waals surface area contributed by atoms with Gasteiger partial charge in [0.1, 0.15) is 6.04 Å². The van der Waals surface area contributed by atoms with Crippen LogP contribution in [0.25, 0.3) is 0 Å². The highest BCUT2D eigenvalue weighted by Crippen LogP contribution is 2.15. The standard InChI is InChI=1S/C49H95N3O8/c1-3-5-7-9-11-16-20-24-28-34-44(55)41-47(57)51-43(42-54)33-32-38-50-49(59)45(37-39-53)52-46(56)35-29-25-21-18-14-13-15-19-23-27-31-40-60-48(58)36-30-26-22-17-12-10-8-6-4-2/h43-45,53-55H,3-42H2,1-2H3,(H,50,59)(H,51,57)(H,52,56)/t43-,44-,45+/m1/s1. The summed E-state index contributed by atoms with van der Waals surface area (Å²) >= 11 is 0. The molecule has 0 aromatic heterocycles. The number of unbranched alkanes of at least 4 members (excludes halogenated alkanes) is 26. The van der Waals surface area contributed by atoms with E-state index >= 15 is 0 Å². The molecule has 0 aliphatic rings. The van der Waals surface area contributed by atoms with Gasteiger partial charge in [-0.2, -0.15) is 0 Å². The van der Waals surface area contributed by atoms with Gasteiger partial charge in [0, 0.05) is 26.0 Å². The molecule has 0 aromatic rings. The molecule has 0 aliphatic carbocycles. The molecule has 11 heteroatoms. The lowest BCUT2D eigenvalue weighted by atomic mass is 10.0. The molecule has 354 valence electrons. The average molecular weight is 854 g/mol. The molecule has 0 unspecified atom stereocenters. The molecule has 0 fully saturated rings. The van der Waals surface area contributed by atoms with Gasteiger partial charge in [-0.05, 0) is 44.9 Å². The SMILES string of the molecule is CCCCCCCCCCCC(=O)OCCCCCCCCCCCCCC(=O)N[C@@H](CCO)C(=O)NCCC[C@H](CO)NC(=O)C[C@H](O)CCCCCCCCCCC. The van der Waals surface area contributed by atoms with Gasteiger partial charge in [0.2, 0.25) is 17.7 Å². The van der Waals surface area contributed by atoms with Crippen molar-refractivity contribution in [2.24, 2.45) is 0 Å². The monoisotopic (exact) mass is 854 g/mol. The molecule has 0 bridgehead atoms. The number of amides is 3. The fraction of sp³-hybridized carbons (Fsp3) is 0.918. The highest BCUT2D eigenvalue weighted by molar-refractivity contribution is 5.87. The molecule has 0 rings (SSSR count). The molecule has 60 heavy (non-hydrogen) atoms. The van der Waals surface area contributed by atoms with Gasteiger partial charge >= 0.3 is 5.97 Å². The summed E-state index contributed by atoms with van der Waals surface area (Å²) < 4.78 is 5.41. The number of carbonyl (C=O) groups excluding carboxylic acids is 4. The van der Waals surface area contributed by atoms with Gasteiger partial charge in [0.15, 0.2) is 0 Å². The minimum Gasteiger partial charge on any atom is -0.466 e. The Labute approximate surface area is 367 Å². The highest BCUT2D eigenvalue weighted by Gasteiger charge is 2.20. The van der Waals surface area contributed by atoms with Crippen LogP contribution >= 0.6 is 0 Å². The summed E-state index contributed by atoms with van der Waals surface area (Å²) in [6, 6.07) is -1.28. The molecular formula is C49H95N3O8. The Morgan fingerprint density at radius 2 is 0.967 bits per heavy atom. The Balaban J connectivity index is 3.86. The van der Waals surface area contributed by atoms with E-state index in [0.29, 0.717) is 45.3 Å². The van der Waals surface area contributed by atoms with Crippen molar-refractivity contribution in [1.29, 1.82) is 0 Å². The summed E-state index contributed by atoms with van der Waals surface area (Å²) in [5.74, 6) is -0.882. The van der Waals surface area contributed by atoms with Crippen LogP contribution in [0.15, 0.2) is 0 Å². The van der Waals surface area contributed by atoms with E-state index in [-0.39, 0.29) is 49.7 Å². The van der Waals surface area contributed by atoms with Crippen LogP contribution in [0, 0.1) is 0 Å². The third kappa shape index (κ3) is 39.9. The van der Waals surface area contributed by atoms with Gasteiger partial charge in [-0.15, -0.1) is 0 Å². The van der Waals surface area contributed by atoms with Crippen molar-refractivity contribution < 1.29 is 39.2 Å². The van der Waals surface area contributed by atoms with Gasteiger partial charge in [0.05, 0.1) is 31.8 Å². The number of esters is 1. The average Bonchev–Trinajstić information content (AvgIpc) is 3.23. The first-order valence-corrected chi connectivity index (χ1v) is 25.2. The zero-order valence-electron chi connectivity index (χ0n) is 38.9. The van der Waals surface area contributed by atoms with Crippen molar-refractivity contribution in [2.45, 2.75) is 263 Å². The first-order valence-electron chi connectivity index (χ1n) is 25.2. The quantitative estimate of drug-likeness (QED) is 0.0259. The molecule has 3 atom stereocenters. The Morgan fingerprint density at radius 1 is 0.500 bits per heavy atom. The van der Waals surface area contributed by atoms with Gasteiger partial charge in [-0.25, -0.2) is 0 Å². The van der Waals surface area contributed by atoms with Crippen molar-refractivity contribution in [1.82, 2.24) is 16.0 Å². The van der Waals surface area contributed by atoms with Crippen LogP contribution in [0.5, 0.6) is 0 Å². The lowest BCUT2D eigenvalue weighted by Gasteiger charge is -2.19. The number of carbonyl (C=O) groups is 4. The summed E-state index contributed by atoms with van der Waals surface area (Å²) in [6.07, 6.45) is 35.9. The predicted octanol–water partition coefficient (Wildman–Crippen LogP) is 10.0. The van der Waals surface area contributed by atoms with E-state index in [1.54, 1.807) is 0 Å². The predicted molar refractivity (Wildman–Crippen MR) is 246 cm³/mol. The van der Waals surface area contributed by atoms with Gasteiger partial charge < -0.3 is 36.0 Å². The summed E-state index contributed by atoms with van der Waals surface area (Å²) in [6.45, 7) is 4.86. The molecule has 0 spiro atoms. The lowest BCUT2D eigenvalue weighted by Crippen LogP contribution is -2.47. The molecule has 0 saturated carbocycles. The second-order valence-electron chi connectivity index (χ2n) is 17.4. The molecule has 0 saturated heterocycles. The Morgan fingerprint density at radius 3 is 1.47 bits per heavy atom. The largest absolute Gasteiger partial charge is 0.466 e. The van der Waals surface area contributed by atoms with E-state index in [4.69, 9.17) is 4.74 Å². The fourth-order valence-electron chi connectivity index (χ4n) is 7.67. The van der Waals surface area contributed by atoms with Crippen LogP contribution in [0.1, 0.15) is 245 Å². The van der Waals surface area contributed by atoms with Crippen molar-refractivity contribution in [3.8, 4) is 0 Å². The maximum atomic E-state index is 12.8. The van der Waals surface area contributed by atoms with Gasteiger partial charge in [-0.1, -0.05) is 181 Å². The first-order chi connectivity index (χ1) is 29.3. The number of aliphatic hydroxyl groups is 3. The van der Waals surface area contributed by atoms with E-state index in [0.717, 1.165) is 70.6 Å². The lowest BCUT2D eigenvalue weighted by molar-refractivity contribution is -0.144. The maximum absolute atomic E-state index is 12.8. The van der Waals surface area contributed by atoms with E-state index in [1.165, 1.54) is 116 Å². The van der Waals surface area contributed by atoms with Crippen molar-refractivity contribution >= 4 is 23.7 Å². The molecule has 6 N–H and O–H groups in total. The number of hydrogen-bond acceptors (Lipinski definition) is 8. The summed E-state index contributed by atoms with van der Waals surface area (Å²) in [4.78, 5) is 49.7. The van der Waals surface area contributed by atoms with E-state index in [2.05, 4.69) is 29.8 Å². The summed E-state index contributed by atoms with van der Waals surface area (Å²) in [5.41, 5.74) is 0. The van der Waals surface area contributed by atoms with Crippen LogP contribution in [0.4, 0.5) is 0 Å². The smallest absolute Gasteiger partial charge is 0.305 e. The second-order valence-corrected chi connectivity index (χ2v) is 17.4. The molecule has 0 heterocycles. The molecule has 0 aliphatic heterocycles. The second kappa shape index (κ2) is 44.8. The van der Waals surface area contributed by atoms with Crippen molar-refractivity contribution in [2.75, 3.05) is 26.4 Å². The van der Waals surface area contributed by atoms with Crippen LogP contribution in [0.3, 0.4) is 0 Å².